The lowest BCUT2D eigenvalue weighted by atomic mass is 9.97. The number of H-pyrrole nitrogens is 1. The lowest BCUT2D eigenvalue weighted by Gasteiger charge is -2.27. The summed E-state index contributed by atoms with van der Waals surface area (Å²) in [6.45, 7) is 10.3. The van der Waals surface area contributed by atoms with Crippen molar-refractivity contribution >= 4 is 142 Å². The van der Waals surface area contributed by atoms with Crippen molar-refractivity contribution in [2.75, 3.05) is 22.9 Å². The third-order valence-corrected chi connectivity index (χ3v) is 18.4. The summed E-state index contributed by atoms with van der Waals surface area (Å²) in [6, 6.07) is 48.2. The van der Waals surface area contributed by atoms with E-state index >= 15 is 0 Å². The van der Waals surface area contributed by atoms with Gasteiger partial charge in [0.25, 0.3) is 17.7 Å². The minimum absolute atomic E-state index is 0.0657. The molecular formula is C68H60Br4N4O4. The number of carbonyl (C=O) groups excluding carboxylic acids is 3. The van der Waals surface area contributed by atoms with Crippen molar-refractivity contribution in [1.82, 2.24) is 4.98 Å². The van der Waals surface area contributed by atoms with E-state index in [1.54, 1.807) is 0 Å². The van der Waals surface area contributed by atoms with Crippen LogP contribution in [0.2, 0.25) is 0 Å². The van der Waals surface area contributed by atoms with E-state index in [1.165, 1.54) is 0 Å². The van der Waals surface area contributed by atoms with Crippen molar-refractivity contribution in [2.24, 2.45) is 16.8 Å². The van der Waals surface area contributed by atoms with Gasteiger partial charge in [0.15, 0.2) is 5.88 Å². The number of hydrogen-bond donors (Lipinski definition) is 2. The van der Waals surface area contributed by atoms with Crippen molar-refractivity contribution in [1.29, 1.82) is 0 Å². The Morgan fingerprint density at radius 1 is 0.463 bits per heavy atom. The number of hydrogen-bond acceptors (Lipinski definition) is 4. The van der Waals surface area contributed by atoms with Crippen molar-refractivity contribution in [3.8, 4) is 17.0 Å². The summed E-state index contributed by atoms with van der Waals surface area (Å²) in [5.41, 5.74) is 9.28. The van der Waals surface area contributed by atoms with E-state index < -0.39 is 0 Å². The van der Waals surface area contributed by atoms with Crippen molar-refractivity contribution < 1.29 is 19.5 Å². The van der Waals surface area contributed by atoms with Gasteiger partial charge in [-0.3, -0.25) is 14.4 Å². The maximum Gasteiger partial charge on any atom is 0.278 e. The van der Waals surface area contributed by atoms with E-state index in [0.717, 1.165) is 168 Å². The summed E-state index contributed by atoms with van der Waals surface area (Å²) < 4.78 is 3.91. The fraction of sp³-hybridized carbons (Fsp3) is 0.235. The molecule has 9 aromatic rings. The van der Waals surface area contributed by atoms with Crippen LogP contribution in [0.25, 0.3) is 60.3 Å². The summed E-state index contributed by atoms with van der Waals surface area (Å²) in [4.78, 5) is 53.5. The molecule has 0 radical (unpaired) electrons. The summed E-state index contributed by atoms with van der Waals surface area (Å²) in [7, 11) is 0. The fourth-order valence-corrected chi connectivity index (χ4v) is 13.1. The molecular weight excluding hydrogens is 1260 g/mol. The van der Waals surface area contributed by atoms with Crippen LogP contribution in [-0.2, 0) is 14.4 Å². The molecule has 2 unspecified atom stereocenters. The lowest BCUT2D eigenvalue weighted by molar-refractivity contribution is -0.114. The highest BCUT2D eigenvalue weighted by molar-refractivity contribution is 9.11. The van der Waals surface area contributed by atoms with Crippen LogP contribution in [0.3, 0.4) is 0 Å². The number of unbranched alkanes of at least 4 members (excludes halogenated alkanes) is 2. The molecule has 3 aliphatic rings. The highest BCUT2D eigenvalue weighted by atomic mass is 79.9. The van der Waals surface area contributed by atoms with Crippen molar-refractivity contribution in [2.45, 2.75) is 79.1 Å². The van der Waals surface area contributed by atoms with Gasteiger partial charge in [-0.25, -0.2) is 4.99 Å². The number of nitrogens with one attached hydrogen (secondary N) is 1. The summed E-state index contributed by atoms with van der Waals surface area (Å²) in [6.07, 6.45) is 8.85. The second-order valence-electron chi connectivity index (χ2n) is 21.1. The van der Waals surface area contributed by atoms with Gasteiger partial charge in [0.2, 0.25) is 0 Å². The molecule has 12 heteroatoms. The first-order chi connectivity index (χ1) is 38.8. The number of nitrogens with zero attached hydrogens (tertiary/aromatic N) is 3. The van der Waals surface area contributed by atoms with Gasteiger partial charge in [0, 0.05) is 73.6 Å². The Morgan fingerprint density at radius 3 is 1.29 bits per heavy atom. The Labute approximate surface area is 499 Å². The highest BCUT2D eigenvalue weighted by Crippen LogP contribution is 2.41. The van der Waals surface area contributed by atoms with Gasteiger partial charge in [-0.15, -0.1) is 0 Å². The number of carbonyl (C=O) groups is 3. The predicted octanol–water partition coefficient (Wildman–Crippen LogP) is 15.5. The van der Waals surface area contributed by atoms with E-state index in [-0.39, 0.29) is 23.6 Å². The second kappa shape index (κ2) is 23.6. The van der Waals surface area contributed by atoms with Crippen LogP contribution < -0.4 is 30.8 Å². The number of fused-ring (bicyclic) bond motifs is 10. The first-order valence-corrected chi connectivity index (χ1v) is 30.9. The SMILES string of the molecule is CCCCC(CC)CN1C(=O)C(c2ccc(Br)cc2)=c2ccc3c4c(ccc3c21)=C(c1ccc(Br)cc1)C(=O)N4CC(CC)CCCC.O=C1N=c2c(ccc3c2ccc2c(-c4ccc(Br)cc4)c(O)[nH]c23)=C1c1ccc(Br)cc1. The van der Waals surface area contributed by atoms with E-state index in [4.69, 9.17) is 0 Å². The molecule has 0 aliphatic carbocycles. The third kappa shape index (κ3) is 10.3. The molecule has 8 nitrogen and oxygen atoms in total. The van der Waals surface area contributed by atoms with Crippen molar-refractivity contribution in [3.05, 3.63) is 201 Å². The van der Waals surface area contributed by atoms with Gasteiger partial charge in [0.05, 0.1) is 44.5 Å². The number of rotatable bonds is 16. The molecule has 8 aromatic carbocycles. The molecule has 2 atom stereocenters. The second-order valence-corrected chi connectivity index (χ2v) is 24.8. The normalized spacial score (nSPS) is 14.5. The van der Waals surface area contributed by atoms with Crippen LogP contribution >= 0.6 is 63.7 Å². The maximum atomic E-state index is 14.5. The molecule has 2 N–H and O–H groups in total. The molecule has 0 spiro atoms. The van der Waals surface area contributed by atoms with Crippen LogP contribution in [0.15, 0.2) is 168 Å². The average molecular weight is 1320 g/mol. The molecule has 12 rings (SSSR count). The fourth-order valence-electron chi connectivity index (χ4n) is 12.0. The molecule has 404 valence electrons. The summed E-state index contributed by atoms with van der Waals surface area (Å²) >= 11 is 14.0. The molecule has 0 bridgehead atoms. The molecule has 0 saturated carbocycles. The lowest BCUT2D eigenvalue weighted by Crippen LogP contribution is -2.34. The largest absolute Gasteiger partial charge is 0.494 e. The topological polar surface area (TPSA) is 106 Å². The van der Waals surface area contributed by atoms with Crippen LogP contribution in [0, 0.1) is 11.8 Å². The minimum atomic E-state index is -0.236. The molecule has 3 aliphatic heterocycles. The number of amides is 3. The molecule has 80 heavy (non-hydrogen) atoms. The van der Waals surface area contributed by atoms with E-state index in [9.17, 15) is 19.5 Å². The number of aromatic nitrogens is 1. The minimum Gasteiger partial charge on any atom is -0.494 e. The van der Waals surface area contributed by atoms with Crippen LogP contribution in [0.5, 0.6) is 5.88 Å². The smallest absolute Gasteiger partial charge is 0.278 e. The first-order valence-electron chi connectivity index (χ1n) is 27.8. The Balaban J connectivity index is 0.000000182. The van der Waals surface area contributed by atoms with Crippen LogP contribution in [0.1, 0.15) is 95.8 Å². The van der Waals surface area contributed by atoms with Gasteiger partial charge < -0.3 is 19.9 Å². The quantitative estimate of drug-likeness (QED) is 0.101. The number of halogens is 4. The monoisotopic (exact) mass is 1310 g/mol. The molecule has 0 fully saturated rings. The van der Waals surface area contributed by atoms with Gasteiger partial charge in [-0.1, -0.05) is 227 Å². The number of anilines is 2. The Bertz CT molecular complexity index is 4050. The Kier molecular flexibility index (Phi) is 16.3. The zero-order chi connectivity index (χ0) is 55.9. The summed E-state index contributed by atoms with van der Waals surface area (Å²) in [5.74, 6) is 0.835. The zero-order valence-corrected chi connectivity index (χ0v) is 51.5. The number of aromatic hydroxyl groups is 1. The number of aromatic amines is 1. The predicted molar refractivity (Wildman–Crippen MR) is 341 cm³/mol. The highest BCUT2D eigenvalue weighted by Gasteiger charge is 2.37. The van der Waals surface area contributed by atoms with Gasteiger partial charge in [0.1, 0.15) is 0 Å². The van der Waals surface area contributed by atoms with Gasteiger partial charge >= 0.3 is 0 Å². The Morgan fingerprint density at radius 2 is 0.850 bits per heavy atom. The maximum absolute atomic E-state index is 14.5. The molecule has 4 heterocycles. The van der Waals surface area contributed by atoms with Crippen LogP contribution in [0.4, 0.5) is 11.4 Å². The van der Waals surface area contributed by atoms with E-state index in [0.29, 0.717) is 35.9 Å². The van der Waals surface area contributed by atoms with Gasteiger partial charge in [-0.05, 0) is 95.5 Å². The molecule has 3 amide bonds. The number of benzene rings is 8. The third-order valence-electron chi connectivity index (χ3n) is 16.3. The zero-order valence-electron chi connectivity index (χ0n) is 45.1. The van der Waals surface area contributed by atoms with E-state index in [2.05, 4.69) is 135 Å². The van der Waals surface area contributed by atoms with Crippen LogP contribution in [-0.4, -0.2) is 40.9 Å². The average Bonchev–Trinajstić information content (AvgIpc) is 4.38. The van der Waals surface area contributed by atoms with Crippen molar-refractivity contribution in [3.63, 3.8) is 0 Å². The van der Waals surface area contributed by atoms with E-state index in [1.807, 2.05) is 121 Å². The molecule has 0 saturated heterocycles. The van der Waals surface area contributed by atoms with Gasteiger partial charge in [-0.2, -0.15) is 0 Å². The Hall–Kier alpha value is -6.44. The summed E-state index contributed by atoms with van der Waals surface area (Å²) in [5, 5.41) is 18.9. The molecule has 1 aromatic heterocycles. The first kappa shape index (κ1) is 55.5. The standard InChI is InChI=1S/C42H46Br2N2O2.C26H14Br2N2O2/c1-5-9-11-27(7-3)25-45-39-33-21-24-36-38(30-15-19-32(44)20-16-30)42(48)46(26-28(8-4)12-10-6-2)40(36)34(33)22-23-35(39)37(41(45)47)29-13-17-31(43)18-14-29;27-15-5-1-13(2-6-15)21-19-11-9-18-17(23(19)29-25(21)31)10-12-20-22(26(32)30-24(18)20)14-3-7-16(28)8-4-14/h13-24,27-28H,5-12,25-26H2,1-4H3;1-12,29,31H.